The number of aromatic carboxylic acids is 1. The molecule has 0 aliphatic heterocycles. The summed E-state index contributed by atoms with van der Waals surface area (Å²) in [5, 5.41) is 11.9. The molecule has 0 spiro atoms. The number of carboxylic acids is 1. The van der Waals surface area contributed by atoms with Crippen LogP contribution in [0.4, 0.5) is 0 Å². The lowest BCUT2D eigenvalue weighted by Gasteiger charge is -2.13. The molecule has 5 heteroatoms. The van der Waals surface area contributed by atoms with Crippen LogP contribution in [0.2, 0.25) is 0 Å². The molecule has 5 nitrogen and oxygen atoms in total. The van der Waals surface area contributed by atoms with Crippen LogP contribution in [-0.4, -0.2) is 27.6 Å². The van der Waals surface area contributed by atoms with Crippen molar-refractivity contribution in [2.24, 2.45) is 0 Å². The van der Waals surface area contributed by atoms with E-state index in [1.807, 2.05) is 25.3 Å². The van der Waals surface area contributed by atoms with Gasteiger partial charge in [0.2, 0.25) is 5.91 Å². The topological polar surface area (TPSA) is 71.3 Å². The van der Waals surface area contributed by atoms with Crippen LogP contribution in [0.1, 0.15) is 48.4 Å². The van der Waals surface area contributed by atoms with Crippen LogP contribution < -0.4 is 5.32 Å². The van der Waals surface area contributed by atoms with Crippen LogP contribution in [0, 0.1) is 13.8 Å². The maximum Gasteiger partial charge on any atom is 0.337 e. The second-order valence-corrected chi connectivity index (χ2v) is 4.87. The molecule has 1 aromatic rings. The van der Waals surface area contributed by atoms with Crippen molar-refractivity contribution in [3.8, 4) is 0 Å². The molecular formula is C14H22N2O3. The molecule has 1 heterocycles. The standard InChI is InChI=1S/C14H22N2O3/c1-5-9(2)15-13(17)6-7-16-10(3)8-12(11(16)4)14(18)19/h8-9H,5-7H2,1-4H3,(H,15,17)(H,18,19). The molecule has 106 valence electrons. The summed E-state index contributed by atoms with van der Waals surface area (Å²) in [5.74, 6) is -0.929. The van der Waals surface area contributed by atoms with Gasteiger partial charge in [-0.05, 0) is 33.3 Å². The third kappa shape index (κ3) is 3.84. The lowest BCUT2D eigenvalue weighted by atomic mass is 10.2. The van der Waals surface area contributed by atoms with Crippen LogP contribution in [0.15, 0.2) is 6.07 Å². The van der Waals surface area contributed by atoms with Crippen molar-refractivity contribution < 1.29 is 14.7 Å². The number of aryl methyl sites for hydroxylation is 1. The Morgan fingerprint density at radius 3 is 2.53 bits per heavy atom. The van der Waals surface area contributed by atoms with E-state index in [-0.39, 0.29) is 11.9 Å². The second kappa shape index (κ2) is 6.41. The molecule has 19 heavy (non-hydrogen) atoms. The number of nitrogens with one attached hydrogen (secondary N) is 1. The Morgan fingerprint density at radius 2 is 2.05 bits per heavy atom. The maximum atomic E-state index is 11.7. The van der Waals surface area contributed by atoms with E-state index >= 15 is 0 Å². The first kappa shape index (κ1) is 15.3. The third-order valence-electron chi connectivity index (χ3n) is 3.39. The Morgan fingerprint density at radius 1 is 1.42 bits per heavy atom. The van der Waals surface area contributed by atoms with Gasteiger partial charge in [-0.15, -0.1) is 0 Å². The van der Waals surface area contributed by atoms with E-state index in [1.54, 1.807) is 13.0 Å². The number of rotatable bonds is 6. The Labute approximate surface area is 113 Å². The van der Waals surface area contributed by atoms with Crippen molar-refractivity contribution in [1.29, 1.82) is 0 Å². The average molecular weight is 266 g/mol. The summed E-state index contributed by atoms with van der Waals surface area (Å²) >= 11 is 0. The van der Waals surface area contributed by atoms with Gasteiger partial charge in [-0.1, -0.05) is 6.92 Å². The van der Waals surface area contributed by atoms with Crippen LogP contribution in [-0.2, 0) is 11.3 Å². The minimum Gasteiger partial charge on any atom is -0.478 e. The highest BCUT2D eigenvalue weighted by Gasteiger charge is 2.15. The maximum absolute atomic E-state index is 11.7. The molecule has 1 amide bonds. The molecule has 0 radical (unpaired) electrons. The molecule has 0 saturated heterocycles. The number of carboxylic acid groups (broad SMARTS) is 1. The van der Waals surface area contributed by atoms with Gasteiger partial charge in [-0.25, -0.2) is 4.79 Å². The molecule has 1 unspecified atom stereocenters. The van der Waals surface area contributed by atoms with Gasteiger partial charge in [0.25, 0.3) is 0 Å². The Kier molecular flexibility index (Phi) is 5.15. The van der Waals surface area contributed by atoms with Crippen LogP contribution in [0.25, 0.3) is 0 Å². The zero-order valence-corrected chi connectivity index (χ0v) is 12.0. The quantitative estimate of drug-likeness (QED) is 0.828. The summed E-state index contributed by atoms with van der Waals surface area (Å²) < 4.78 is 1.87. The first-order valence-electron chi connectivity index (χ1n) is 6.56. The molecule has 2 N–H and O–H groups in total. The van der Waals surface area contributed by atoms with Gasteiger partial charge in [0.1, 0.15) is 0 Å². The predicted molar refractivity (Wildman–Crippen MR) is 73.4 cm³/mol. The van der Waals surface area contributed by atoms with Gasteiger partial charge in [-0.2, -0.15) is 0 Å². The molecule has 0 fully saturated rings. The lowest BCUT2D eigenvalue weighted by Crippen LogP contribution is -2.32. The number of hydrogen-bond donors (Lipinski definition) is 2. The van der Waals surface area contributed by atoms with E-state index in [1.165, 1.54) is 0 Å². The molecule has 0 aliphatic rings. The van der Waals surface area contributed by atoms with Crippen LogP contribution >= 0.6 is 0 Å². The fourth-order valence-corrected chi connectivity index (χ4v) is 2.02. The zero-order chi connectivity index (χ0) is 14.6. The van der Waals surface area contributed by atoms with E-state index in [2.05, 4.69) is 5.32 Å². The molecular weight excluding hydrogens is 244 g/mol. The summed E-state index contributed by atoms with van der Waals surface area (Å²) in [7, 11) is 0. The van der Waals surface area contributed by atoms with Gasteiger partial charge < -0.3 is 15.0 Å². The number of hydrogen-bond acceptors (Lipinski definition) is 2. The third-order valence-corrected chi connectivity index (χ3v) is 3.39. The van der Waals surface area contributed by atoms with Crippen molar-refractivity contribution in [2.75, 3.05) is 0 Å². The molecule has 1 rings (SSSR count). The summed E-state index contributed by atoms with van der Waals surface area (Å²) in [6.45, 7) is 8.11. The van der Waals surface area contributed by atoms with Crippen molar-refractivity contribution in [3.63, 3.8) is 0 Å². The van der Waals surface area contributed by atoms with Gasteiger partial charge in [0, 0.05) is 30.4 Å². The largest absolute Gasteiger partial charge is 0.478 e. The number of carbonyl (C=O) groups excluding carboxylic acids is 1. The van der Waals surface area contributed by atoms with Crippen molar-refractivity contribution in [3.05, 3.63) is 23.0 Å². The summed E-state index contributed by atoms with van der Waals surface area (Å²) in [5.41, 5.74) is 1.87. The first-order chi connectivity index (χ1) is 8.86. The number of carbonyl (C=O) groups is 2. The lowest BCUT2D eigenvalue weighted by molar-refractivity contribution is -0.121. The van der Waals surface area contributed by atoms with Gasteiger partial charge in [0.15, 0.2) is 0 Å². The number of amides is 1. The first-order valence-corrected chi connectivity index (χ1v) is 6.56. The molecule has 0 bridgehead atoms. The Bertz CT molecular complexity index is 477. The van der Waals surface area contributed by atoms with E-state index in [0.29, 0.717) is 24.2 Å². The molecule has 0 aliphatic carbocycles. The molecule has 1 atom stereocenters. The Balaban J connectivity index is 2.68. The molecule has 0 saturated carbocycles. The summed E-state index contributed by atoms with van der Waals surface area (Å²) in [6.07, 6.45) is 1.26. The highest BCUT2D eigenvalue weighted by atomic mass is 16.4. The van der Waals surface area contributed by atoms with Crippen molar-refractivity contribution >= 4 is 11.9 Å². The highest BCUT2D eigenvalue weighted by molar-refractivity contribution is 5.89. The zero-order valence-electron chi connectivity index (χ0n) is 12.0. The monoisotopic (exact) mass is 266 g/mol. The fourth-order valence-electron chi connectivity index (χ4n) is 2.02. The minimum absolute atomic E-state index is 0.00118. The van der Waals surface area contributed by atoms with Crippen LogP contribution in [0.3, 0.4) is 0 Å². The van der Waals surface area contributed by atoms with Gasteiger partial charge in [-0.3, -0.25) is 4.79 Å². The number of nitrogens with zero attached hydrogens (tertiary/aromatic N) is 1. The molecule has 0 aromatic carbocycles. The van der Waals surface area contributed by atoms with Crippen molar-refractivity contribution in [1.82, 2.24) is 9.88 Å². The SMILES string of the molecule is CCC(C)NC(=O)CCn1c(C)cc(C(=O)O)c1C. The van der Waals surface area contributed by atoms with Crippen molar-refractivity contribution in [2.45, 2.75) is 53.1 Å². The minimum atomic E-state index is -0.927. The smallest absolute Gasteiger partial charge is 0.337 e. The van der Waals surface area contributed by atoms with E-state index in [4.69, 9.17) is 5.11 Å². The van der Waals surface area contributed by atoms with Gasteiger partial charge in [0.05, 0.1) is 5.56 Å². The normalized spacial score (nSPS) is 12.2. The van der Waals surface area contributed by atoms with Gasteiger partial charge >= 0.3 is 5.97 Å². The van der Waals surface area contributed by atoms with Crippen LogP contribution in [0.5, 0.6) is 0 Å². The van der Waals surface area contributed by atoms with E-state index < -0.39 is 5.97 Å². The highest BCUT2D eigenvalue weighted by Crippen LogP contribution is 2.15. The molecule has 1 aromatic heterocycles. The average Bonchev–Trinajstić information content (AvgIpc) is 2.62. The predicted octanol–water partition coefficient (Wildman–Crippen LogP) is 2.11. The Hall–Kier alpha value is -1.78. The fraction of sp³-hybridized carbons (Fsp3) is 0.571. The van der Waals surface area contributed by atoms with E-state index in [0.717, 1.165) is 12.1 Å². The summed E-state index contributed by atoms with van der Waals surface area (Å²) in [6, 6.07) is 1.82. The van der Waals surface area contributed by atoms with E-state index in [9.17, 15) is 9.59 Å². The second-order valence-electron chi connectivity index (χ2n) is 4.87. The summed E-state index contributed by atoms with van der Waals surface area (Å²) in [4.78, 5) is 22.7. The number of aromatic nitrogens is 1.